The number of ether oxygens (including phenoxy) is 1. The zero-order valence-electron chi connectivity index (χ0n) is 15.9. The number of benzene rings is 1. The summed E-state index contributed by atoms with van der Waals surface area (Å²) in [5.41, 5.74) is 3.15. The maximum absolute atomic E-state index is 12.3. The van der Waals surface area contributed by atoms with Gasteiger partial charge in [0.25, 0.3) is 0 Å². The molecule has 3 nitrogen and oxygen atoms in total. The zero-order chi connectivity index (χ0) is 19.5. The molecule has 1 unspecified atom stereocenters. The quantitative estimate of drug-likeness (QED) is 0.448. The maximum atomic E-state index is 12.3. The molecule has 2 N–H and O–H groups in total. The van der Waals surface area contributed by atoms with Gasteiger partial charge < -0.3 is 15.2 Å². The molecule has 142 valence electrons. The Labute approximate surface area is 160 Å². The van der Waals surface area contributed by atoms with Gasteiger partial charge in [0.1, 0.15) is 25.1 Å². The minimum atomic E-state index is -1.10. The SMILES string of the molecule is C=C(Sc1cc(OCC(O)CF)ccc1C)C(/C=C\C(=C/C)NC)=C/C. The Hall–Kier alpha value is -1.98. The predicted octanol–water partition coefficient (Wildman–Crippen LogP) is 4.94. The van der Waals surface area contributed by atoms with Crippen LogP contribution in [0.25, 0.3) is 0 Å². The van der Waals surface area contributed by atoms with Gasteiger partial charge in [-0.25, -0.2) is 4.39 Å². The fourth-order valence-electron chi connectivity index (χ4n) is 2.06. The Morgan fingerprint density at radius 2 is 2.08 bits per heavy atom. The number of nitrogens with one attached hydrogen (secondary N) is 1. The Morgan fingerprint density at radius 1 is 1.35 bits per heavy atom. The predicted molar refractivity (Wildman–Crippen MR) is 109 cm³/mol. The first kappa shape index (κ1) is 22.1. The number of hydrogen-bond donors (Lipinski definition) is 2. The summed E-state index contributed by atoms with van der Waals surface area (Å²) in [7, 11) is 1.88. The number of allylic oxidation sites excluding steroid dienone is 5. The Morgan fingerprint density at radius 3 is 2.65 bits per heavy atom. The van der Waals surface area contributed by atoms with Crippen LogP contribution < -0.4 is 10.1 Å². The number of rotatable bonds is 10. The van der Waals surface area contributed by atoms with Gasteiger partial charge in [-0.05, 0) is 50.1 Å². The summed E-state index contributed by atoms with van der Waals surface area (Å²) in [6.07, 6.45) is 6.94. The molecule has 0 saturated heterocycles. The van der Waals surface area contributed by atoms with Gasteiger partial charge in [-0.3, -0.25) is 0 Å². The fourth-order valence-corrected chi connectivity index (χ4v) is 3.04. The summed E-state index contributed by atoms with van der Waals surface area (Å²) in [4.78, 5) is 1.93. The van der Waals surface area contributed by atoms with Crippen LogP contribution in [0, 0.1) is 6.92 Å². The zero-order valence-corrected chi connectivity index (χ0v) is 16.7. The van der Waals surface area contributed by atoms with Crippen LogP contribution in [0.5, 0.6) is 5.75 Å². The monoisotopic (exact) mass is 377 g/mol. The molecule has 0 bridgehead atoms. The van der Waals surface area contributed by atoms with Crippen LogP contribution >= 0.6 is 11.8 Å². The fraction of sp³-hybridized carbons (Fsp3) is 0.333. The summed E-state index contributed by atoms with van der Waals surface area (Å²) in [6.45, 7) is 9.27. The third-order valence-electron chi connectivity index (χ3n) is 3.69. The highest BCUT2D eigenvalue weighted by Crippen LogP contribution is 2.35. The van der Waals surface area contributed by atoms with Crippen LogP contribution in [0.4, 0.5) is 4.39 Å². The lowest BCUT2D eigenvalue weighted by Crippen LogP contribution is -2.19. The van der Waals surface area contributed by atoms with E-state index in [0.717, 1.165) is 26.6 Å². The van der Waals surface area contributed by atoms with Gasteiger partial charge in [0.2, 0.25) is 0 Å². The third kappa shape index (κ3) is 7.10. The lowest BCUT2D eigenvalue weighted by Gasteiger charge is -2.13. The molecule has 0 aliphatic rings. The number of thioether (sulfide) groups is 1. The lowest BCUT2D eigenvalue weighted by atomic mass is 10.2. The highest BCUT2D eigenvalue weighted by Gasteiger charge is 2.09. The molecule has 26 heavy (non-hydrogen) atoms. The number of alkyl halides is 1. The Bertz CT molecular complexity index is 695. The topological polar surface area (TPSA) is 41.5 Å². The lowest BCUT2D eigenvalue weighted by molar-refractivity contribution is 0.0841. The summed E-state index contributed by atoms with van der Waals surface area (Å²) < 4.78 is 17.8. The molecule has 1 aromatic rings. The number of hydrogen-bond acceptors (Lipinski definition) is 4. The van der Waals surface area contributed by atoms with Crippen molar-refractivity contribution in [2.75, 3.05) is 20.3 Å². The van der Waals surface area contributed by atoms with Crippen LogP contribution in [0.15, 0.2) is 70.2 Å². The van der Waals surface area contributed by atoms with E-state index in [1.165, 1.54) is 0 Å². The number of aryl methyl sites for hydroxylation is 1. The van der Waals surface area contributed by atoms with E-state index >= 15 is 0 Å². The minimum Gasteiger partial charge on any atom is -0.491 e. The highest BCUT2D eigenvalue weighted by atomic mass is 32.2. The molecule has 0 spiro atoms. The van der Waals surface area contributed by atoms with Crippen LogP contribution in [-0.2, 0) is 0 Å². The van der Waals surface area contributed by atoms with E-state index < -0.39 is 12.8 Å². The summed E-state index contributed by atoms with van der Waals surface area (Å²) >= 11 is 1.55. The summed E-state index contributed by atoms with van der Waals surface area (Å²) in [5.74, 6) is 0.599. The van der Waals surface area contributed by atoms with Crippen molar-refractivity contribution in [3.8, 4) is 5.75 Å². The molecule has 0 heterocycles. The van der Waals surface area contributed by atoms with Crippen molar-refractivity contribution in [2.45, 2.75) is 31.8 Å². The third-order valence-corrected chi connectivity index (χ3v) is 4.83. The van der Waals surface area contributed by atoms with Crippen molar-refractivity contribution in [1.82, 2.24) is 5.32 Å². The van der Waals surface area contributed by atoms with E-state index in [9.17, 15) is 9.50 Å². The average molecular weight is 378 g/mol. The summed E-state index contributed by atoms with van der Waals surface area (Å²) in [5, 5.41) is 12.4. The average Bonchev–Trinajstić information content (AvgIpc) is 2.65. The number of aliphatic hydroxyl groups excluding tert-OH is 1. The van der Waals surface area contributed by atoms with Crippen LogP contribution in [0.1, 0.15) is 19.4 Å². The van der Waals surface area contributed by atoms with Gasteiger partial charge >= 0.3 is 0 Å². The van der Waals surface area contributed by atoms with Crippen molar-refractivity contribution in [3.63, 3.8) is 0 Å². The smallest absolute Gasteiger partial charge is 0.120 e. The molecule has 1 rings (SSSR count). The highest BCUT2D eigenvalue weighted by molar-refractivity contribution is 8.03. The second kappa shape index (κ2) is 11.6. The second-order valence-corrected chi connectivity index (χ2v) is 6.78. The van der Waals surface area contributed by atoms with Crippen molar-refractivity contribution in [1.29, 1.82) is 0 Å². The molecule has 5 heteroatoms. The first-order valence-corrected chi connectivity index (χ1v) is 9.29. The van der Waals surface area contributed by atoms with Crippen molar-refractivity contribution >= 4 is 11.8 Å². The van der Waals surface area contributed by atoms with E-state index in [0.29, 0.717) is 5.75 Å². The molecule has 0 radical (unpaired) electrons. The molecule has 1 aromatic carbocycles. The first-order valence-electron chi connectivity index (χ1n) is 8.48. The molecule has 0 saturated carbocycles. The van der Waals surface area contributed by atoms with Gasteiger partial charge in [0, 0.05) is 22.5 Å². The van der Waals surface area contributed by atoms with Crippen LogP contribution in [-0.4, -0.2) is 31.5 Å². The molecule has 0 aliphatic heterocycles. The van der Waals surface area contributed by atoms with Gasteiger partial charge in [-0.1, -0.05) is 42.6 Å². The normalized spacial score (nSPS) is 13.8. The number of aliphatic hydroxyl groups is 1. The van der Waals surface area contributed by atoms with Gasteiger partial charge in [-0.2, -0.15) is 0 Å². The largest absolute Gasteiger partial charge is 0.491 e. The molecular formula is C21H28FNO2S. The van der Waals surface area contributed by atoms with E-state index in [4.69, 9.17) is 4.74 Å². The summed E-state index contributed by atoms with van der Waals surface area (Å²) in [6, 6.07) is 5.64. The van der Waals surface area contributed by atoms with Crippen LogP contribution in [0.2, 0.25) is 0 Å². The maximum Gasteiger partial charge on any atom is 0.120 e. The molecular weight excluding hydrogens is 349 g/mol. The van der Waals surface area contributed by atoms with E-state index in [2.05, 4.69) is 11.9 Å². The van der Waals surface area contributed by atoms with Crippen molar-refractivity contribution in [2.24, 2.45) is 0 Å². The van der Waals surface area contributed by atoms with E-state index in [1.807, 2.05) is 70.3 Å². The number of halogens is 1. The van der Waals surface area contributed by atoms with Crippen molar-refractivity contribution < 1.29 is 14.2 Å². The Balaban J connectivity index is 2.87. The van der Waals surface area contributed by atoms with Gasteiger partial charge in [0.05, 0.1) is 0 Å². The minimum absolute atomic E-state index is 0.0659. The molecule has 1 atom stereocenters. The van der Waals surface area contributed by atoms with Crippen molar-refractivity contribution in [3.05, 3.63) is 70.8 Å². The van der Waals surface area contributed by atoms with Crippen LogP contribution in [0.3, 0.4) is 0 Å². The molecule has 0 aromatic heterocycles. The Kier molecular flexibility index (Phi) is 9.84. The number of likely N-dealkylation sites (N-methyl/N-ethyl adjacent to an activating group) is 1. The van der Waals surface area contributed by atoms with E-state index in [-0.39, 0.29) is 6.61 Å². The van der Waals surface area contributed by atoms with Gasteiger partial charge in [0.15, 0.2) is 0 Å². The standard InChI is InChI=1S/C21H28FNO2S/c1-6-17(9-10-18(7-2)23-5)16(4)26-21-12-20(11-8-15(21)3)25-14-19(24)13-22/h6-12,19,23-24H,4,13-14H2,1-3,5H3/b10-9-,17-6+,18-7+. The molecule has 0 fully saturated rings. The van der Waals surface area contributed by atoms with Gasteiger partial charge in [-0.15, -0.1) is 0 Å². The van der Waals surface area contributed by atoms with E-state index in [1.54, 1.807) is 11.8 Å². The first-order chi connectivity index (χ1) is 12.4. The molecule has 0 amide bonds. The second-order valence-electron chi connectivity index (χ2n) is 5.64. The molecule has 0 aliphatic carbocycles.